The highest BCUT2D eigenvalue weighted by atomic mass is 32.1. The van der Waals surface area contributed by atoms with Crippen LogP contribution in [0.5, 0.6) is 0 Å². The second-order valence-corrected chi connectivity index (χ2v) is 4.47. The van der Waals surface area contributed by atoms with Crippen LogP contribution in [0.1, 0.15) is 10.6 Å². The van der Waals surface area contributed by atoms with Crippen molar-refractivity contribution < 1.29 is 4.79 Å². The molecule has 0 saturated carbocycles. The van der Waals surface area contributed by atoms with Gasteiger partial charge in [-0.05, 0) is 11.4 Å². The lowest BCUT2D eigenvalue weighted by molar-refractivity contribution is -0.120. The molecule has 0 aliphatic carbocycles. The van der Waals surface area contributed by atoms with Gasteiger partial charge in [0.2, 0.25) is 5.91 Å². The number of H-pyrrole nitrogens is 1. The zero-order valence-electron chi connectivity index (χ0n) is 8.77. The van der Waals surface area contributed by atoms with Crippen LogP contribution in [0.4, 0.5) is 0 Å². The second-order valence-electron chi connectivity index (χ2n) is 3.43. The Hall–Kier alpha value is -1.62. The van der Waals surface area contributed by atoms with Gasteiger partial charge in [0.1, 0.15) is 0 Å². The number of rotatable bonds is 5. The van der Waals surface area contributed by atoms with Crippen molar-refractivity contribution in [1.29, 1.82) is 0 Å². The van der Waals surface area contributed by atoms with Crippen LogP contribution >= 0.6 is 11.3 Å². The Bertz CT molecular complexity index is 422. The molecule has 2 heterocycles. The van der Waals surface area contributed by atoms with Crippen LogP contribution in [-0.2, 0) is 17.6 Å². The van der Waals surface area contributed by atoms with Gasteiger partial charge in [-0.25, -0.2) is 4.98 Å². The molecule has 0 spiro atoms. The summed E-state index contributed by atoms with van der Waals surface area (Å²) in [7, 11) is 0. The maximum absolute atomic E-state index is 11.5. The van der Waals surface area contributed by atoms with Gasteiger partial charge in [0.25, 0.3) is 0 Å². The lowest BCUT2D eigenvalue weighted by Crippen LogP contribution is -2.27. The number of nitrogens with one attached hydrogen (secondary N) is 2. The largest absolute Gasteiger partial charge is 0.355 e. The molecule has 0 bridgehead atoms. The minimum absolute atomic E-state index is 0.0713. The predicted molar refractivity (Wildman–Crippen MR) is 63.3 cm³/mol. The van der Waals surface area contributed by atoms with Crippen molar-refractivity contribution in [3.8, 4) is 0 Å². The number of amides is 1. The molecule has 16 heavy (non-hydrogen) atoms. The van der Waals surface area contributed by atoms with E-state index < -0.39 is 0 Å². The maximum Gasteiger partial charge on any atom is 0.225 e. The average Bonchev–Trinajstić information content (AvgIpc) is 2.90. The predicted octanol–water partition coefficient (Wildman–Crippen LogP) is 1.37. The van der Waals surface area contributed by atoms with E-state index in [4.69, 9.17) is 0 Å². The van der Waals surface area contributed by atoms with Gasteiger partial charge >= 0.3 is 0 Å². The molecule has 0 saturated heterocycles. The standard InChI is InChI=1S/C11H13N3OS/c15-11(6-10-2-1-5-16-10)13-4-3-9-7-12-8-14-9/h1-2,5,7-8H,3-4,6H2,(H,12,14)(H,13,15). The highest BCUT2D eigenvalue weighted by molar-refractivity contribution is 7.10. The van der Waals surface area contributed by atoms with Crippen molar-refractivity contribution in [2.75, 3.05) is 6.54 Å². The van der Waals surface area contributed by atoms with Crippen molar-refractivity contribution in [2.24, 2.45) is 0 Å². The summed E-state index contributed by atoms with van der Waals surface area (Å²) < 4.78 is 0. The van der Waals surface area contributed by atoms with Crippen LogP contribution in [-0.4, -0.2) is 22.4 Å². The number of aromatic nitrogens is 2. The van der Waals surface area contributed by atoms with Crippen molar-refractivity contribution in [3.05, 3.63) is 40.6 Å². The minimum atomic E-state index is 0.0713. The number of carbonyl (C=O) groups is 1. The number of aromatic amines is 1. The van der Waals surface area contributed by atoms with E-state index in [2.05, 4.69) is 15.3 Å². The molecule has 2 N–H and O–H groups in total. The fourth-order valence-corrected chi connectivity index (χ4v) is 2.10. The molecule has 0 unspecified atom stereocenters. The summed E-state index contributed by atoms with van der Waals surface area (Å²) in [6, 6.07) is 3.93. The van der Waals surface area contributed by atoms with Crippen molar-refractivity contribution >= 4 is 17.2 Å². The van der Waals surface area contributed by atoms with E-state index >= 15 is 0 Å². The molecule has 0 aliphatic rings. The van der Waals surface area contributed by atoms with Crippen LogP contribution in [0.2, 0.25) is 0 Å². The lowest BCUT2D eigenvalue weighted by atomic mass is 10.3. The molecular weight excluding hydrogens is 222 g/mol. The van der Waals surface area contributed by atoms with Crippen molar-refractivity contribution in [3.63, 3.8) is 0 Å². The number of hydrogen-bond donors (Lipinski definition) is 2. The Balaban J connectivity index is 1.68. The molecule has 0 fully saturated rings. The molecular formula is C11H13N3OS. The monoisotopic (exact) mass is 235 g/mol. The summed E-state index contributed by atoms with van der Waals surface area (Å²) in [5, 5.41) is 4.86. The Morgan fingerprint density at radius 1 is 1.56 bits per heavy atom. The number of nitrogens with zero attached hydrogens (tertiary/aromatic N) is 1. The Morgan fingerprint density at radius 3 is 3.19 bits per heavy atom. The van der Waals surface area contributed by atoms with Gasteiger partial charge in [-0.3, -0.25) is 4.79 Å². The van der Waals surface area contributed by atoms with Gasteiger partial charge in [0.15, 0.2) is 0 Å². The van der Waals surface area contributed by atoms with Gasteiger partial charge < -0.3 is 10.3 Å². The lowest BCUT2D eigenvalue weighted by Gasteiger charge is -2.02. The average molecular weight is 235 g/mol. The first-order valence-corrected chi connectivity index (χ1v) is 5.99. The third kappa shape index (κ3) is 3.20. The van der Waals surface area contributed by atoms with Crippen LogP contribution in [0.15, 0.2) is 30.0 Å². The molecule has 0 atom stereocenters. The minimum Gasteiger partial charge on any atom is -0.355 e. The Kier molecular flexibility index (Phi) is 3.71. The molecule has 4 nitrogen and oxygen atoms in total. The van der Waals surface area contributed by atoms with Crippen LogP contribution in [0.25, 0.3) is 0 Å². The summed E-state index contributed by atoms with van der Waals surface area (Å²) in [4.78, 5) is 19.5. The van der Waals surface area contributed by atoms with E-state index in [9.17, 15) is 4.79 Å². The summed E-state index contributed by atoms with van der Waals surface area (Å²) >= 11 is 1.61. The smallest absolute Gasteiger partial charge is 0.225 e. The van der Waals surface area contributed by atoms with E-state index in [0.717, 1.165) is 17.0 Å². The van der Waals surface area contributed by atoms with E-state index in [0.29, 0.717) is 13.0 Å². The quantitative estimate of drug-likeness (QED) is 0.822. The van der Waals surface area contributed by atoms with Gasteiger partial charge in [0, 0.05) is 29.7 Å². The highest BCUT2D eigenvalue weighted by Gasteiger charge is 2.03. The number of imidazole rings is 1. The molecule has 0 aliphatic heterocycles. The Labute approximate surface area is 97.7 Å². The molecule has 2 rings (SSSR count). The summed E-state index contributed by atoms with van der Waals surface area (Å²) in [6.45, 7) is 0.645. The third-order valence-electron chi connectivity index (χ3n) is 2.19. The molecule has 2 aromatic heterocycles. The van der Waals surface area contributed by atoms with Gasteiger partial charge in [0.05, 0.1) is 12.7 Å². The first-order valence-electron chi connectivity index (χ1n) is 5.11. The number of hydrogen-bond acceptors (Lipinski definition) is 3. The molecule has 2 aromatic rings. The van der Waals surface area contributed by atoms with Gasteiger partial charge in [-0.2, -0.15) is 0 Å². The van der Waals surface area contributed by atoms with E-state index in [1.807, 2.05) is 17.5 Å². The van der Waals surface area contributed by atoms with Crippen LogP contribution in [0, 0.1) is 0 Å². The topological polar surface area (TPSA) is 57.8 Å². The SMILES string of the molecule is O=C(Cc1cccs1)NCCc1cnc[nH]1. The fourth-order valence-electron chi connectivity index (χ4n) is 1.39. The molecule has 1 amide bonds. The zero-order chi connectivity index (χ0) is 11.2. The zero-order valence-corrected chi connectivity index (χ0v) is 9.59. The summed E-state index contributed by atoms with van der Waals surface area (Å²) in [6.07, 6.45) is 4.67. The van der Waals surface area contributed by atoms with Crippen molar-refractivity contribution in [1.82, 2.24) is 15.3 Å². The summed E-state index contributed by atoms with van der Waals surface area (Å²) in [5.41, 5.74) is 1.04. The molecule has 0 radical (unpaired) electrons. The van der Waals surface area contributed by atoms with E-state index in [-0.39, 0.29) is 5.91 Å². The van der Waals surface area contributed by atoms with Gasteiger partial charge in [-0.1, -0.05) is 6.07 Å². The van der Waals surface area contributed by atoms with E-state index in [1.54, 1.807) is 23.9 Å². The number of thiophene rings is 1. The van der Waals surface area contributed by atoms with Crippen molar-refractivity contribution in [2.45, 2.75) is 12.8 Å². The summed E-state index contributed by atoms with van der Waals surface area (Å²) in [5.74, 6) is 0.0713. The molecule has 0 aromatic carbocycles. The first-order chi connectivity index (χ1) is 7.84. The fraction of sp³-hybridized carbons (Fsp3) is 0.273. The highest BCUT2D eigenvalue weighted by Crippen LogP contribution is 2.08. The normalized spacial score (nSPS) is 10.2. The molecule has 5 heteroatoms. The Morgan fingerprint density at radius 2 is 2.50 bits per heavy atom. The second kappa shape index (κ2) is 5.46. The third-order valence-corrected chi connectivity index (χ3v) is 3.06. The maximum atomic E-state index is 11.5. The van der Waals surface area contributed by atoms with Crippen LogP contribution in [0.3, 0.4) is 0 Å². The number of carbonyl (C=O) groups excluding carboxylic acids is 1. The van der Waals surface area contributed by atoms with E-state index in [1.165, 1.54) is 0 Å². The first kappa shape index (κ1) is 10.9. The van der Waals surface area contributed by atoms with Crippen LogP contribution < -0.4 is 5.32 Å². The van der Waals surface area contributed by atoms with Gasteiger partial charge in [-0.15, -0.1) is 11.3 Å². The molecule has 84 valence electrons.